The summed E-state index contributed by atoms with van der Waals surface area (Å²) in [6, 6.07) is 21.6. The molecule has 3 aromatic rings. The van der Waals surface area contributed by atoms with Crippen molar-refractivity contribution in [3.8, 4) is 11.5 Å². The maximum absolute atomic E-state index is 13.1. The summed E-state index contributed by atoms with van der Waals surface area (Å²) in [5, 5.41) is 2.90. The minimum Gasteiger partial charge on any atom is -0.493 e. The van der Waals surface area contributed by atoms with Gasteiger partial charge in [-0.2, -0.15) is 0 Å². The van der Waals surface area contributed by atoms with Gasteiger partial charge in [0.05, 0.1) is 14.2 Å². The van der Waals surface area contributed by atoms with Gasteiger partial charge < -0.3 is 14.8 Å². The topological polar surface area (TPSA) is 64.6 Å². The number of hydrogen-bond donors (Lipinski definition) is 1. The molecular formula is C24H23NO4. The van der Waals surface area contributed by atoms with Crippen LogP contribution < -0.4 is 14.8 Å². The van der Waals surface area contributed by atoms with Crippen LogP contribution in [0.5, 0.6) is 11.5 Å². The highest BCUT2D eigenvalue weighted by Crippen LogP contribution is 2.32. The Morgan fingerprint density at radius 2 is 1.34 bits per heavy atom. The number of rotatable bonds is 8. The Kier molecular flexibility index (Phi) is 6.63. The Labute approximate surface area is 170 Å². The van der Waals surface area contributed by atoms with Gasteiger partial charge in [-0.05, 0) is 36.2 Å². The predicted molar refractivity (Wildman–Crippen MR) is 112 cm³/mol. The van der Waals surface area contributed by atoms with Crippen LogP contribution >= 0.6 is 0 Å². The van der Waals surface area contributed by atoms with Crippen molar-refractivity contribution in [1.82, 2.24) is 5.32 Å². The van der Waals surface area contributed by atoms with E-state index in [-0.39, 0.29) is 11.7 Å². The number of hydrogen-bond acceptors (Lipinski definition) is 4. The number of methoxy groups -OCH3 is 2. The monoisotopic (exact) mass is 389 g/mol. The average Bonchev–Trinajstić information content (AvgIpc) is 2.79. The van der Waals surface area contributed by atoms with Gasteiger partial charge in [0, 0.05) is 23.2 Å². The van der Waals surface area contributed by atoms with E-state index in [0.717, 1.165) is 5.56 Å². The molecule has 0 fully saturated rings. The third kappa shape index (κ3) is 4.82. The van der Waals surface area contributed by atoms with Crippen molar-refractivity contribution in [2.45, 2.75) is 6.42 Å². The molecule has 5 heteroatoms. The Hall–Kier alpha value is -3.60. The Morgan fingerprint density at radius 1 is 0.793 bits per heavy atom. The highest BCUT2D eigenvalue weighted by Gasteiger charge is 2.18. The number of nitrogens with one attached hydrogen (secondary N) is 1. The van der Waals surface area contributed by atoms with E-state index in [1.165, 1.54) is 7.11 Å². The number of ether oxygens (including phenoxy) is 2. The van der Waals surface area contributed by atoms with Crippen LogP contribution in [0.2, 0.25) is 0 Å². The van der Waals surface area contributed by atoms with Gasteiger partial charge in [-0.15, -0.1) is 0 Å². The molecule has 1 amide bonds. The smallest absolute Gasteiger partial charge is 0.251 e. The molecule has 0 aliphatic carbocycles. The summed E-state index contributed by atoms with van der Waals surface area (Å²) in [4.78, 5) is 25.3. The van der Waals surface area contributed by atoms with Crippen LogP contribution in [0.15, 0.2) is 72.8 Å². The van der Waals surface area contributed by atoms with E-state index in [4.69, 9.17) is 9.47 Å². The maximum atomic E-state index is 13.1. The molecule has 0 aliphatic heterocycles. The lowest BCUT2D eigenvalue weighted by molar-refractivity contribution is 0.0954. The first kappa shape index (κ1) is 20.1. The van der Waals surface area contributed by atoms with Crippen molar-refractivity contribution in [2.24, 2.45) is 0 Å². The van der Waals surface area contributed by atoms with Crippen LogP contribution in [-0.2, 0) is 6.42 Å². The summed E-state index contributed by atoms with van der Waals surface area (Å²) in [5.74, 6) is 0.781. The maximum Gasteiger partial charge on any atom is 0.251 e. The molecular weight excluding hydrogens is 366 g/mol. The Bertz CT molecular complexity index is 985. The van der Waals surface area contributed by atoms with Crippen LogP contribution in [0.1, 0.15) is 31.8 Å². The SMILES string of the molecule is COc1cc(CCNC(=O)c2ccccc2)c(C(=O)c2ccccc2)cc1OC. The Morgan fingerprint density at radius 3 is 1.93 bits per heavy atom. The van der Waals surface area contributed by atoms with Crippen molar-refractivity contribution >= 4 is 11.7 Å². The van der Waals surface area contributed by atoms with Gasteiger partial charge in [0.1, 0.15) is 0 Å². The lowest BCUT2D eigenvalue weighted by Crippen LogP contribution is -2.26. The van der Waals surface area contributed by atoms with E-state index < -0.39 is 0 Å². The highest BCUT2D eigenvalue weighted by atomic mass is 16.5. The molecule has 0 atom stereocenters. The van der Waals surface area contributed by atoms with E-state index in [1.54, 1.807) is 43.5 Å². The summed E-state index contributed by atoms with van der Waals surface area (Å²) in [6.45, 7) is 0.387. The number of amides is 1. The lowest BCUT2D eigenvalue weighted by atomic mass is 9.95. The molecule has 0 bridgehead atoms. The summed E-state index contributed by atoms with van der Waals surface area (Å²) in [5.41, 5.74) is 2.50. The van der Waals surface area contributed by atoms with Gasteiger partial charge in [0.25, 0.3) is 5.91 Å². The van der Waals surface area contributed by atoms with Crippen LogP contribution in [-0.4, -0.2) is 32.5 Å². The third-order valence-electron chi connectivity index (χ3n) is 4.61. The van der Waals surface area contributed by atoms with Crippen LogP contribution in [0.3, 0.4) is 0 Å². The molecule has 0 spiro atoms. The first-order valence-corrected chi connectivity index (χ1v) is 9.32. The van der Waals surface area contributed by atoms with Crippen molar-refractivity contribution in [3.05, 3.63) is 95.1 Å². The molecule has 0 aliphatic rings. The molecule has 1 N–H and O–H groups in total. The zero-order valence-corrected chi connectivity index (χ0v) is 16.5. The van der Waals surface area contributed by atoms with Gasteiger partial charge in [-0.25, -0.2) is 0 Å². The zero-order chi connectivity index (χ0) is 20.6. The number of ketones is 1. The Balaban J connectivity index is 1.84. The van der Waals surface area contributed by atoms with Crippen LogP contribution in [0.25, 0.3) is 0 Å². The van der Waals surface area contributed by atoms with Crippen molar-refractivity contribution in [2.75, 3.05) is 20.8 Å². The van der Waals surface area contributed by atoms with Gasteiger partial charge in [0.2, 0.25) is 0 Å². The fourth-order valence-corrected chi connectivity index (χ4v) is 3.09. The highest BCUT2D eigenvalue weighted by molar-refractivity contribution is 6.10. The summed E-state index contributed by atoms with van der Waals surface area (Å²) in [7, 11) is 3.09. The van der Waals surface area contributed by atoms with E-state index in [1.807, 2.05) is 36.4 Å². The minimum atomic E-state index is -0.151. The van der Waals surface area contributed by atoms with Crippen molar-refractivity contribution in [3.63, 3.8) is 0 Å². The normalized spacial score (nSPS) is 10.3. The molecule has 0 heterocycles. The predicted octanol–water partition coefficient (Wildman–Crippen LogP) is 3.91. The molecule has 148 valence electrons. The molecule has 3 rings (SSSR count). The van der Waals surface area contributed by atoms with Gasteiger partial charge in [0.15, 0.2) is 17.3 Å². The first-order valence-electron chi connectivity index (χ1n) is 9.32. The standard InChI is InChI=1S/C24H23NO4/c1-28-21-15-19(13-14-25-24(27)18-11-7-4-8-12-18)20(16-22(21)29-2)23(26)17-9-5-3-6-10-17/h3-12,15-16H,13-14H2,1-2H3,(H,25,27). The summed E-state index contributed by atoms with van der Waals surface area (Å²) < 4.78 is 10.8. The molecule has 5 nitrogen and oxygen atoms in total. The first-order chi connectivity index (χ1) is 14.1. The van der Waals surface area contributed by atoms with Crippen LogP contribution in [0.4, 0.5) is 0 Å². The molecule has 0 unspecified atom stereocenters. The fraction of sp³-hybridized carbons (Fsp3) is 0.167. The second-order valence-corrected chi connectivity index (χ2v) is 6.43. The van der Waals surface area contributed by atoms with Crippen molar-refractivity contribution in [1.29, 1.82) is 0 Å². The molecule has 0 saturated carbocycles. The van der Waals surface area contributed by atoms with Crippen molar-refractivity contribution < 1.29 is 19.1 Å². The summed E-state index contributed by atoms with van der Waals surface area (Å²) >= 11 is 0. The second-order valence-electron chi connectivity index (χ2n) is 6.43. The molecule has 0 radical (unpaired) electrons. The molecule has 29 heavy (non-hydrogen) atoms. The van der Waals surface area contributed by atoms with E-state index >= 15 is 0 Å². The van der Waals surface area contributed by atoms with E-state index in [0.29, 0.717) is 41.2 Å². The number of carbonyl (C=O) groups excluding carboxylic acids is 2. The van der Waals surface area contributed by atoms with Gasteiger partial charge in [-0.1, -0.05) is 48.5 Å². The molecule has 3 aromatic carbocycles. The number of carbonyl (C=O) groups is 2. The van der Waals surface area contributed by atoms with E-state index in [2.05, 4.69) is 5.32 Å². The summed E-state index contributed by atoms with van der Waals surface area (Å²) in [6.07, 6.45) is 0.479. The van der Waals surface area contributed by atoms with Crippen LogP contribution in [0, 0.1) is 0 Å². The second kappa shape index (κ2) is 9.55. The van der Waals surface area contributed by atoms with Gasteiger partial charge in [-0.3, -0.25) is 9.59 Å². The largest absolute Gasteiger partial charge is 0.493 e. The molecule has 0 aromatic heterocycles. The third-order valence-corrected chi connectivity index (χ3v) is 4.61. The quantitative estimate of drug-likeness (QED) is 0.594. The lowest BCUT2D eigenvalue weighted by Gasteiger charge is -2.15. The fourth-order valence-electron chi connectivity index (χ4n) is 3.09. The van der Waals surface area contributed by atoms with E-state index in [9.17, 15) is 9.59 Å². The zero-order valence-electron chi connectivity index (χ0n) is 16.5. The molecule has 0 saturated heterocycles. The van der Waals surface area contributed by atoms with Gasteiger partial charge >= 0.3 is 0 Å². The minimum absolute atomic E-state index is 0.101. The average molecular weight is 389 g/mol. The number of benzene rings is 3.